The van der Waals surface area contributed by atoms with Gasteiger partial charge in [0.1, 0.15) is 23.7 Å². The molecule has 0 unspecified atom stereocenters. The summed E-state index contributed by atoms with van der Waals surface area (Å²) >= 11 is 0. The van der Waals surface area contributed by atoms with E-state index in [9.17, 15) is 0 Å². The van der Waals surface area contributed by atoms with Gasteiger partial charge in [0, 0.05) is 24.6 Å². The fourth-order valence-electron chi connectivity index (χ4n) is 3.87. The first-order valence-corrected chi connectivity index (χ1v) is 9.07. The molecule has 7 heteroatoms. The molecule has 3 aromatic heterocycles. The Morgan fingerprint density at radius 3 is 2.96 bits per heavy atom. The maximum absolute atomic E-state index is 5.67. The largest absolute Gasteiger partial charge is 0.493 e. The quantitative estimate of drug-likeness (QED) is 0.556. The van der Waals surface area contributed by atoms with Gasteiger partial charge in [0.05, 0.1) is 23.4 Å². The predicted octanol–water partition coefficient (Wildman–Crippen LogP) is 3.12. The summed E-state index contributed by atoms with van der Waals surface area (Å²) in [6.45, 7) is 4.59. The van der Waals surface area contributed by atoms with Crippen molar-refractivity contribution in [2.24, 2.45) is 0 Å². The Labute approximate surface area is 156 Å². The van der Waals surface area contributed by atoms with Gasteiger partial charge in [0.2, 0.25) is 0 Å². The van der Waals surface area contributed by atoms with Crippen LogP contribution in [0.4, 0.5) is 0 Å². The van der Waals surface area contributed by atoms with Crippen molar-refractivity contribution >= 4 is 5.65 Å². The van der Waals surface area contributed by atoms with Crippen molar-refractivity contribution < 1.29 is 9.26 Å². The zero-order chi connectivity index (χ0) is 18.4. The predicted molar refractivity (Wildman–Crippen MR) is 98.8 cm³/mol. The number of hydrogen-bond donors (Lipinski definition) is 0. The van der Waals surface area contributed by atoms with Gasteiger partial charge in [-0.05, 0) is 31.9 Å². The van der Waals surface area contributed by atoms with Gasteiger partial charge >= 0.3 is 0 Å². The lowest BCUT2D eigenvalue weighted by Gasteiger charge is -2.09. The average Bonchev–Trinajstić information content (AvgIpc) is 3.40. The first-order valence-electron chi connectivity index (χ1n) is 9.07. The third-order valence-electron chi connectivity index (χ3n) is 5.17. The van der Waals surface area contributed by atoms with E-state index in [1.54, 1.807) is 6.33 Å². The molecule has 0 N–H and O–H groups in total. The van der Waals surface area contributed by atoms with Gasteiger partial charge in [-0.1, -0.05) is 17.3 Å². The topological polar surface area (TPSA) is 78.3 Å². The first-order chi connectivity index (χ1) is 13.2. The number of aryl methyl sites for hydroxylation is 4. The summed E-state index contributed by atoms with van der Waals surface area (Å²) in [5.41, 5.74) is 6.07. The molecule has 0 amide bonds. The van der Waals surface area contributed by atoms with Gasteiger partial charge in [0.25, 0.3) is 0 Å². The third kappa shape index (κ3) is 2.58. The van der Waals surface area contributed by atoms with Gasteiger partial charge in [-0.25, -0.2) is 4.98 Å². The van der Waals surface area contributed by atoms with Crippen LogP contribution >= 0.6 is 0 Å². The molecule has 7 nitrogen and oxygen atoms in total. The molecule has 4 heterocycles. The minimum atomic E-state index is 0.756. The number of fused-ring (bicyclic) bond motifs is 2. The molecule has 0 saturated heterocycles. The van der Waals surface area contributed by atoms with E-state index in [4.69, 9.17) is 14.2 Å². The molecule has 1 aliphatic rings. The lowest BCUT2D eigenvalue weighted by atomic mass is 10.0. The highest BCUT2D eigenvalue weighted by Crippen LogP contribution is 2.31. The molecule has 0 radical (unpaired) electrons. The molecule has 1 aromatic carbocycles. The summed E-state index contributed by atoms with van der Waals surface area (Å²) in [5, 5.41) is 12.5. The van der Waals surface area contributed by atoms with Crippen molar-refractivity contribution in [3.8, 4) is 16.9 Å². The Morgan fingerprint density at radius 1 is 1.19 bits per heavy atom. The fourth-order valence-corrected chi connectivity index (χ4v) is 3.87. The Kier molecular flexibility index (Phi) is 3.67. The van der Waals surface area contributed by atoms with Gasteiger partial charge in [0.15, 0.2) is 5.65 Å². The van der Waals surface area contributed by atoms with E-state index in [0.717, 1.165) is 65.7 Å². The highest BCUT2D eigenvalue weighted by molar-refractivity contribution is 5.79. The van der Waals surface area contributed by atoms with Gasteiger partial charge in [-0.3, -0.25) is 4.40 Å². The summed E-state index contributed by atoms with van der Waals surface area (Å²) in [4.78, 5) is 4.71. The molecule has 5 rings (SSSR count). The minimum Gasteiger partial charge on any atom is -0.493 e. The number of benzene rings is 1. The van der Waals surface area contributed by atoms with Crippen LogP contribution in [0.5, 0.6) is 5.75 Å². The first kappa shape index (κ1) is 16.0. The minimum absolute atomic E-state index is 0.756. The molecule has 0 saturated carbocycles. The molecule has 0 atom stereocenters. The van der Waals surface area contributed by atoms with E-state index in [0.29, 0.717) is 0 Å². The molecular weight excluding hydrogens is 342 g/mol. The van der Waals surface area contributed by atoms with E-state index in [2.05, 4.69) is 27.5 Å². The zero-order valence-corrected chi connectivity index (χ0v) is 15.3. The highest BCUT2D eigenvalue weighted by Gasteiger charge is 2.19. The average molecular weight is 361 g/mol. The number of ether oxygens (including phenoxy) is 1. The summed E-state index contributed by atoms with van der Waals surface area (Å²) in [5.74, 6) is 2.71. The van der Waals surface area contributed by atoms with Crippen LogP contribution in [0.3, 0.4) is 0 Å². The molecule has 136 valence electrons. The summed E-state index contributed by atoms with van der Waals surface area (Å²) in [6.07, 6.45) is 6.25. The van der Waals surface area contributed by atoms with Gasteiger partial charge < -0.3 is 9.26 Å². The van der Waals surface area contributed by atoms with E-state index in [1.807, 2.05) is 30.5 Å². The maximum Gasteiger partial charge on any atom is 0.171 e. The monoisotopic (exact) mass is 361 g/mol. The van der Waals surface area contributed by atoms with Gasteiger partial charge in [-0.2, -0.15) is 0 Å². The fraction of sp³-hybridized carbons (Fsp3) is 0.300. The number of hydrogen-bond acceptors (Lipinski definition) is 6. The van der Waals surface area contributed by atoms with Crippen LogP contribution in [-0.4, -0.2) is 31.3 Å². The second kappa shape index (κ2) is 6.19. The lowest BCUT2D eigenvalue weighted by Crippen LogP contribution is -2.05. The van der Waals surface area contributed by atoms with Crippen LogP contribution in [0.25, 0.3) is 16.8 Å². The molecule has 4 aromatic rings. The Balaban J connectivity index is 1.50. The van der Waals surface area contributed by atoms with Crippen LogP contribution in [0, 0.1) is 13.8 Å². The normalized spacial score (nSPS) is 13.1. The Morgan fingerprint density at radius 2 is 2.11 bits per heavy atom. The third-order valence-corrected chi connectivity index (χ3v) is 5.17. The SMILES string of the molecule is Cc1noc(C)c1-c1cnc(CCc2cccc3c2CCO3)n2cnnc12. The van der Waals surface area contributed by atoms with Crippen LogP contribution in [0.15, 0.2) is 35.2 Å². The summed E-state index contributed by atoms with van der Waals surface area (Å²) in [6, 6.07) is 6.28. The summed E-state index contributed by atoms with van der Waals surface area (Å²) in [7, 11) is 0. The number of aromatic nitrogens is 5. The second-order valence-corrected chi connectivity index (χ2v) is 6.80. The molecule has 1 aliphatic heterocycles. The van der Waals surface area contributed by atoms with E-state index < -0.39 is 0 Å². The maximum atomic E-state index is 5.67. The smallest absolute Gasteiger partial charge is 0.171 e. The molecular formula is C20H19N5O2. The van der Waals surface area contributed by atoms with Crippen molar-refractivity contribution in [2.45, 2.75) is 33.1 Å². The van der Waals surface area contributed by atoms with Gasteiger partial charge in [-0.15, -0.1) is 10.2 Å². The summed E-state index contributed by atoms with van der Waals surface area (Å²) < 4.78 is 12.9. The van der Waals surface area contributed by atoms with E-state index >= 15 is 0 Å². The highest BCUT2D eigenvalue weighted by atomic mass is 16.5. The zero-order valence-electron chi connectivity index (χ0n) is 15.3. The molecule has 27 heavy (non-hydrogen) atoms. The molecule has 0 bridgehead atoms. The van der Waals surface area contributed by atoms with Crippen molar-refractivity contribution in [3.05, 3.63) is 59.1 Å². The molecule has 0 spiro atoms. The Hall–Kier alpha value is -3.22. The Bertz CT molecular complexity index is 1130. The standard InChI is InChI=1S/C20H19N5O2/c1-12-19(13(2)27-24-12)16-10-21-18(25-11-22-23-20(16)25)7-6-14-4-3-5-17-15(14)8-9-26-17/h3-5,10-11H,6-9H2,1-2H3. The molecule has 0 aliphatic carbocycles. The van der Waals surface area contributed by atoms with Crippen molar-refractivity contribution in [1.29, 1.82) is 0 Å². The second-order valence-electron chi connectivity index (χ2n) is 6.80. The van der Waals surface area contributed by atoms with Crippen molar-refractivity contribution in [1.82, 2.24) is 24.7 Å². The van der Waals surface area contributed by atoms with E-state index in [-0.39, 0.29) is 0 Å². The van der Waals surface area contributed by atoms with Crippen LogP contribution in [0.1, 0.15) is 28.4 Å². The van der Waals surface area contributed by atoms with Crippen LogP contribution in [0.2, 0.25) is 0 Å². The van der Waals surface area contributed by atoms with E-state index in [1.165, 1.54) is 11.1 Å². The van der Waals surface area contributed by atoms with Crippen LogP contribution < -0.4 is 4.74 Å². The molecule has 0 fully saturated rings. The number of rotatable bonds is 4. The number of nitrogens with zero attached hydrogens (tertiary/aromatic N) is 5. The van der Waals surface area contributed by atoms with Crippen LogP contribution in [-0.2, 0) is 19.3 Å². The van der Waals surface area contributed by atoms with Crippen molar-refractivity contribution in [2.75, 3.05) is 6.61 Å². The lowest BCUT2D eigenvalue weighted by molar-refractivity contribution is 0.357. The van der Waals surface area contributed by atoms with Crippen molar-refractivity contribution in [3.63, 3.8) is 0 Å².